The van der Waals surface area contributed by atoms with Crippen molar-refractivity contribution in [3.63, 3.8) is 0 Å². The zero-order chi connectivity index (χ0) is 6.74. The fourth-order valence-corrected chi connectivity index (χ4v) is 0.754. The summed E-state index contributed by atoms with van der Waals surface area (Å²) in [5.41, 5.74) is 5.51. The molecule has 0 amide bonds. The number of allylic oxidation sites excluding steroid dienone is 2. The quantitative estimate of drug-likeness (QED) is 0.540. The Morgan fingerprint density at radius 1 is 1.56 bits per heavy atom. The molecule has 0 bridgehead atoms. The lowest BCUT2D eigenvalue weighted by Gasteiger charge is -2.26. The van der Waals surface area contributed by atoms with Crippen LogP contribution in [0.5, 0.6) is 0 Å². The van der Waals surface area contributed by atoms with Gasteiger partial charge in [0.2, 0.25) is 0 Å². The second kappa shape index (κ2) is 2.23. The second-order valence-corrected chi connectivity index (χ2v) is 2.26. The first kappa shape index (κ1) is 6.36. The molecule has 1 aliphatic rings. The van der Waals surface area contributed by atoms with Crippen molar-refractivity contribution in [1.29, 1.82) is 0 Å². The SMILES string of the molecule is CCC1(N)C=CC=CN1. The van der Waals surface area contributed by atoms with Crippen LogP contribution in [0.25, 0.3) is 0 Å². The van der Waals surface area contributed by atoms with Crippen LogP contribution in [0.2, 0.25) is 0 Å². The molecule has 1 rings (SSSR count). The van der Waals surface area contributed by atoms with Crippen LogP contribution in [0.4, 0.5) is 0 Å². The van der Waals surface area contributed by atoms with Gasteiger partial charge in [0.25, 0.3) is 0 Å². The third-order valence-corrected chi connectivity index (χ3v) is 1.54. The molecule has 2 nitrogen and oxygen atoms in total. The summed E-state index contributed by atoms with van der Waals surface area (Å²) in [4.78, 5) is 0. The Hall–Kier alpha value is -0.760. The summed E-state index contributed by atoms with van der Waals surface area (Å²) in [5, 5.41) is 3.06. The van der Waals surface area contributed by atoms with Crippen LogP contribution in [0.1, 0.15) is 13.3 Å². The number of nitrogens with two attached hydrogens (primary N) is 1. The minimum atomic E-state index is -0.297. The van der Waals surface area contributed by atoms with E-state index in [9.17, 15) is 0 Å². The minimum absolute atomic E-state index is 0.297. The van der Waals surface area contributed by atoms with Crippen LogP contribution in [-0.2, 0) is 0 Å². The van der Waals surface area contributed by atoms with Crippen molar-refractivity contribution in [3.8, 4) is 0 Å². The van der Waals surface area contributed by atoms with Crippen LogP contribution < -0.4 is 11.1 Å². The molecule has 0 aromatic carbocycles. The molecule has 50 valence electrons. The molecule has 0 radical (unpaired) electrons. The molecule has 0 saturated carbocycles. The van der Waals surface area contributed by atoms with Crippen molar-refractivity contribution in [2.45, 2.75) is 19.0 Å². The van der Waals surface area contributed by atoms with Gasteiger partial charge in [-0.2, -0.15) is 0 Å². The van der Waals surface area contributed by atoms with E-state index in [1.54, 1.807) is 0 Å². The largest absolute Gasteiger partial charge is 0.370 e. The lowest BCUT2D eigenvalue weighted by molar-refractivity contribution is 0.454. The maximum Gasteiger partial charge on any atom is 0.104 e. The molecule has 0 aromatic rings. The molecular formula is C7H12N2. The Labute approximate surface area is 55.4 Å². The number of hydrogen-bond acceptors (Lipinski definition) is 2. The molecule has 1 atom stereocenters. The number of rotatable bonds is 1. The standard InChI is InChI=1S/C7H12N2/c1-2-7(8)5-3-4-6-9-7/h3-6,9H,2,8H2,1H3. The number of dihydropyridines is 1. The normalized spacial score (nSPS) is 32.2. The highest BCUT2D eigenvalue weighted by atomic mass is 15.1. The van der Waals surface area contributed by atoms with Crippen molar-refractivity contribution in [2.24, 2.45) is 5.73 Å². The van der Waals surface area contributed by atoms with Gasteiger partial charge < -0.3 is 11.1 Å². The summed E-state index contributed by atoms with van der Waals surface area (Å²) in [5.74, 6) is 0. The van der Waals surface area contributed by atoms with Gasteiger partial charge in [0.1, 0.15) is 5.66 Å². The molecule has 0 saturated heterocycles. The van der Waals surface area contributed by atoms with Gasteiger partial charge in [-0.15, -0.1) is 0 Å². The van der Waals surface area contributed by atoms with Crippen LogP contribution >= 0.6 is 0 Å². The van der Waals surface area contributed by atoms with Gasteiger partial charge in [0, 0.05) is 0 Å². The lowest BCUT2D eigenvalue weighted by atomic mass is 10.1. The van der Waals surface area contributed by atoms with Crippen LogP contribution in [0, 0.1) is 0 Å². The summed E-state index contributed by atoms with van der Waals surface area (Å²) in [6, 6.07) is 0. The van der Waals surface area contributed by atoms with Crippen molar-refractivity contribution in [2.75, 3.05) is 0 Å². The Bertz CT molecular complexity index is 149. The summed E-state index contributed by atoms with van der Waals surface area (Å²) in [6.07, 6.45) is 8.63. The molecule has 1 aliphatic heterocycles. The molecule has 9 heavy (non-hydrogen) atoms. The van der Waals surface area contributed by atoms with Gasteiger partial charge in [-0.05, 0) is 24.8 Å². The highest BCUT2D eigenvalue weighted by Gasteiger charge is 2.16. The Morgan fingerprint density at radius 2 is 2.33 bits per heavy atom. The van der Waals surface area contributed by atoms with E-state index in [1.165, 1.54) is 0 Å². The average molecular weight is 124 g/mol. The van der Waals surface area contributed by atoms with Crippen LogP contribution in [0.15, 0.2) is 24.4 Å². The average Bonchev–Trinajstić information content (AvgIpc) is 1.90. The van der Waals surface area contributed by atoms with Gasteiger partial charge in [0.05, 0.1) is 0 Å². The lowest BCUT2D eigenvalue weighted by Crippen LogP contribution is -2.49. The summed E-state index contributed by atoms with van der Waals surface area (Å²) in [6.45, 7) is 2.05. The third kappa shape index (κ3) is 1.33. The van der Waals surface area contributed by atoms with Crippen molar-refractivity contribution in [1.82, 2.24) is 5.32 Å². The highest BCUT2D eigenvalue weighted by molar-refractivity contribution is 5.16. The predicted octanol–water partition coefficient (Wildman–Crippen LogP) is 0.725. The van der Waals surface area contributed by atoms with Crippen molar-refractivity contribution < 1.29 is 0 Å². The fourth-order valence-electron chi connectivity index (χ4n) is 0.754. The second-order valence-electron chi connectivity index (χ2n) is 2.26. The molecule has 0 fully saturated rings. The Balaban J connectivity index is 2.63. The smallest absolute Gasteiger partial charge is 0.104 e. The zero-order valence-electron chi connectivity index (χ0n) is 5.59. The van der Waals surface area contributed by atoms with E-state index < -0.39 is 0 Å². The monoisotopic (exact) mass is 124 g/mol. The van der Waals surface area contributed by atoms with Gasteiger partial charge in [-0.3, -0.25) is 0 Å². The first-order chi connectivity index (χ1) is 4.27. The Kier molecular flexibility index (Phi) is 1.58. The van der Waals surface area contributed by atoms with E-state index >= 15 is 0 Å². The molecule has 0 aromatic heterocycles. The topological polar surface area (TPSA) is 38.0 Å². The first-order valence-electron chi connectivity index (χ1n) is 3.18. The molecule has 0 aliphatic carbocycles. The van der Waals surface area contributed by atoms with E-state index in [0.717, 1.165) is 6.42 Å². The third-order valence-electron chi connectivity index (χ3n) is 1.54. The molecule has 1 heterocycles. The van der Waals surface area contributed by atoms with Crippen LogP contribution in [-0.4, -0.2) is 5.66 Å². The van der Waals surface area contributed by atoms with E-state index in [4.69, 9.17) is 5.73 Å². The summed E-state index contributed by atoms with van der Waals surface area (Å²) in [7, 11) is 0. The molecule has 3 N–H and O–H groups in total. The summed E-state index contributed by atoms with van der Waals surface area (Å²) >= 11 is 0. The number of hydrogen-bond donors (Lipinski definition) is 2. The minimum Gasteiger partial charge on any atom is -0.370 e. The first-order valence-corrected chi connectivity index (χ1v) is 3.18. The maximum absolute atomic E-state index is 5.81. The van der Waals surface area contributed by atoms with Crippen molar-refractivity contribution in [3.05, 3.63) is 24.4 Å². The van der Waals surface area contributed by atoms with Crippen molar-refractivity contribution >= 4 is 0 Å². The van der Waals surface area contributed by atoms with E-state index in [0.29, 0.717) is 0 Å². The fraction of sp³-hybridized carbons (Fsp3) is 0.429. The van der Waals surface area contributed by atoms with Gasteiger partial charge in [-0.25, -0.2) is 0 Å². The zero-order valence-corrected chi connectivity index (χ0v) is 5.59. The van der Waals surface area contributed by atoms with Gasteiger partial charge >= 0.3 is 0 Å². The number of nitrogens with one attached hydrogen (secondary N) is 1. The van der Waals surface area contributed by atoms with E-state index in [-0.39, 0.29) is 5.66 Å². The molecule has 0 spiro atoms. The van der Waals surface area contributed by atoms with Gasteiger partial charge in [-0.1, -0.05) is 13.0 Å². The maximum atomic E-state index is 5.81. The predicted molar refractivity (Wildman–Crippen MR) is 38.6 cm³/mol. The van der Waals surface area contributed by atoms with E-state index in [2.05, 4.69) is 12.2 Å². The molecule has 1 unspecified atom stereocenters. The summed E-state index contributed by atoms with van der Waals surface area (Å²) < 4.78 is 0. The molecule has 2 heteroatoms. The molecular weight excluding hydrogens is 112 g/mol. The van der Waals surface area contributed by atoms with Gasteiger partial charge in [0.15, 0.2) is 0 Å². The highest BCUT2D eigenvalue weighted by Crippen LogP contribution is 2.06. The Morgan fingerprint density at radius 3 is 2.67 bits per heavy atom. The van der Waals surface area contributed by atoms with Crippen LogP contribution in [0.3, 0.4) is 0 Å². The van der Waals surface area contributed by atoms with E-state index in [1.807, 2.05) is 24.4 Å².